The molecule has 0 bridgehead atoms. The first kappa shape index (κ1) is 21.3. The lowest BCUT2D eigenvalue weighted by Crippen LogP contribution is -2.21. The molecule has 32 heavy (non-hydrogen) atoms. The average molecular weight is 447 g/mol. The minimum atomic E-state index is -4.55. The van der Waals surface area contributed by atoms with Gasteiger partial charge in [-0.25, -0.2) is 9.37 Å². The number of rotatable bonds is 7. The molecule has 0 amide bonds. The van der Waals surface area contributed by atoms with Gasteiger partial charge in [0.1, 0.15) is 11.6 Å². The molecule has 3 N–H and O–H groups in total. The second kappa shape index (κ2) is 8.65. The zero-order valence-electron chi connectivity index (χ0n) is 16.7. The summed E-state index contributed by atoms with van der Waals surface area (Å²) < 4.78 is 55.5. The van der Waals surface area contributed by atoms with E-state index in [9.17, 15) is 17.6 Å². The molecule has 0 atom stereocenters. The van der Waals surface area contributed by atoms with E-state index in [1.54, 1.807) is 30.3 Å². The van der Waals surface area contributed by atoms with Crippen molar-refractivity contribution in [1.29, 1.82) is 0 Å². The third-order valence-corrected chi connectivity index (χ3v) is 4.20. The third kappa shape index (κ3) is 5.59. The Morgan fingerprint density at radius 1 is 0.969 bits per heavy atom. The van der Waals surface area contributed by atoms with Gasteiger partial charge >= 0.3 is 12.2 Å². The van der Waals surface area contributed by atoms with Crippen molar-refractivity contribution >= 4 is 28.6 Å². The van der Waals surface area contributed by atoms with Gasteiger partial charge < -0.3 is 20.4 Å². The maximum absolute atomic E-state index is 13.1. The maximum atomic E-state index is 13.1. The highest BCUT2D eigenvalue weighted by Gasteiger charge is 2.29. The summed E-state index contributed by atoms with van der Waals surface area (Å²) in [7, 11) is 0. The van der Waals surface area contributed by atoms with Crippen LogP contribution in [0.1, 0.15) is 11.4 Å². The molecule has 2 aromatic carbocycles. The van der Waals surface area contributed by atoms with Crippen molar-refractivity contribution in [3.63, 3.8) is 0 Å². The van der Waals surface area contributed by atoms with Crippen LogP contribution in [0.3, 0.4) is 0 Å². The van der Waals surface area contributed by atoms with Gasteiger partial charge in [0.05, 0.1) is 11.0 Å². The van der Waals surface area contributed by atoms with Crippen LogP contribution in [0.15, 0.2) is 42.5 Å². The Labute approximate surface area is 179 Å². The van der Waals surface area contributed by atoms with Crippen molar-refractivity contribution in [2.45, 2.75) is 19.6 Å². The van der Waals surface area contributed by atoms with Crippen molar-refractivity contribution < 1.29 is 22.3 Å². The summed E-state index contributed by atoms with van der Waals surface area (Å²) in [5.41, 5.74) is 2.84. The van der Waals surface area contributed by atoms with Gasteiger partial charge in [-0.3, -0.25) is 0 Å². The largest absolute Gasteiger partial charge is 0.454 e. The van der Waals surface area contributed by atoms with Crippen molar-refractivity contribution in [1.82, 2.24) is 24.9 Å². The Hall–Kier alpha value is -3.96. The van der Waals surface area contributed by atoms with Gasteiger partial charge in [-0.2, -0.15) is 28.1 Å². The van der Waals surface area contributed by atoms with Crippen LogP contribution < -0.4 is 15.4 Å². The number of halogens is 4. The molecule has 0 saturated heterocycles. The van der Waals surface area contributed by atoms with Crippen molar-refractivity contribution in [3.05, 3.63) is 59.7 Å². The van der Waals surface area contributed by atoms with E-state index >= 15 is 0 Å². The number of imidazole rings is 1. The summed E-state index contributed by atoms with van der Waals surface area (Å²) >= 11 is 0. The van der Waals surface area contributed by atoms with Crippen LogP contribution in [-0.2, 0) is 6.54 Å². The molecule has 0 saturated carbocycles. The van der Waals surface area contributed by atoms with Gasteiger partial charge in [-0.05, 0) is 42.8 Å². The summed E-state index contributed by atoms with van der Waals surface area (Å²) in [6, 6.07) is 10.5. The number of hydrogen-bond acceptors (Lipinski definition) is 7. The highest BCUT2D eigenvalue weighted by molar-refractivity contribution is 5.80. The lowest BCUT2D eigenvalue weighted by molar-refractivity contribution is -0.154. The maximum Gasteiger partial charge on any atom is 0.422 e. The molecule has 0 aliphatic heterocycles. The van der Waals surface area contributed by atoms with E-state index < -0.39 is 18.8 Å². The zero-order chi connectivity index (χ0) is 22.7. The molecule has 2 aromatic heterocycles. The fraction of sp³-hybridized carbons (Fsp3) is 0.200. The molecule has 0 fully saturated rings. The van der Waals surface area contributed by atoms with E-state index in [0.717, 1.165) is 22.4 Å². The SMILES string of the molecule is Cc1nc2ccc(Nc3nc(NCc4ccc(F)cc4)nc(OCC(F)(F)F)n3)cc2[nH]1. The lowest BCUT2D eigenvalue weighted by atomic mass is 10.2. The van der Waals surface area contributed by atoms with E-state index in [1.165, 1.54) is 12.1 Å². The van der Waals surface area contributed by atoms with Crippen molar-refractivity contribution in [2.24, 2.45) is 0 Å². The normalized spacial score (nSPS) is 11.5. The molecule has 0 unspecified atom stereocenters. The molecule has 4 rings (SSSR count). The number of aryl methyl sites for hydroxylation is 1. The number of aromatic amines is 1. The molecule has 2 heterocycles. The predicted molar refractivity (Wildman–Crippen MR) is 109 cm³/mol. The summed E-state index contributed by atoms with van der Waals surface area (Å²) in [4.78, 5) is 19.4. The number of nitrogens with one attached hydrogen (secondary N) is 3. The number of benzene rings is 2. The Kier molecular flexibility index (Phi) is 5.75. The third-order valence-electron chi connectivity index (χ3n) is 4.20. The summed E-state index contributed by atoms with van der Waals surface area (Å²) in [5.74, 6) is 0.330. The fourth-order valence-electron chi connectivity index (χ4n) is 2.83. The monoisotopic (exact) mass is 447 g/mol. The van der Waals surface area contributed by atoms with Crippen LogP contribution in [0.4, 0.5) is 35.1 Å². The van der Waals surface area contributed by atoms with E-state index in [0.29, 0.717) is 5.69 Å². The van der Waals surface area contributed by atoms with Gasteiger partial charge in [-0.15, -0.1) is 0 Å². The van der Waals surface area contributed by atoms with Crippen LogP contribution in [0.5, 0.6) is 6.01 Å². The molecular formula is C20H17F4N7O. The Bertz CT molecular complexity index is 1230. The fourth-order valence-corrected chi connectivity index (χ4v) is 2.83. The number of H-pyrrole nitrogens is 1. The number of ether oxygens (including phenoxy) is 1. The number of nitrogens with zero attached hydrogens (tertiary/aromatic N) is 4. The second-order valence-corrected chi connectivity index (χ2v) is 6.83. The number of anilines is 3. The highest BCUT2D eigenvalue weighted by atomic mass is 19.4. The van der Waals surface area contributed by atoms with Crippen LogP contribution in [0.2, 0.25) is 0 Å². The van der Waals surface area contributed by atoms with E-state index in [2.05, 4.69) is 35.6 Å². The van der Waals surface area contributed by atoms with E-state index in [-0.39, 0.29) is 24.3 Å². The van der Waals surface area contributed by atoms with Gasteiger partial charge in [0.25, 0.3) is 0 Å². The zero-order valence-corrected chi connectivity index (χ0v) is 16.7. The van der Waals surface area contributed by atoms with Gasteiger partial charge in [0, 0.05) is 12.2 Å². The second-order valence-electron chi connectivity index (χ2n) is 6.83. The summed E-state index contributed by atoms with van der Waals surface area (Å²) in [6.45, 7) is 0.484. The van der Waals surface area contributed by atoms with Crippen LogP contribution in [0.25, 0.3) is 11.0 Å². The molecule has 0 radical (unpaired) electrons. The first-order valence-corrected chi connectivity index (χ1v) is 9.41. The first-order valence-electron chi connectivity index (χ1n) is 9.41. The van der Waals surface area contributed by atoms with Gasteiger partial charge in [0.15, 0.2) is 6.61 Å². The average Bonchev–Trinajstić information content (AvgIpc) is 3.10. The summed E-state index contributed by atoms with van der Waals surface area (Å²) in [6.07, 6.45) is -4.55. The number of hydrogen-bond donors (Lipinski definition) is 3. The Morgan fingerprint density at radius 3 is 2.47 bits per heavy atom. The smallest absolute Gasteiger partial charge is 0.422 e. The van der Waals surface area contributed by atoms with Crippen LogP contribution in [-0.4, -0.2) is 37.7 Å². The highest BCUT2D eigenvalue weighted by Crippen LogP contribution is 2.22. The number of aromatic nitrogens is 5. The molecule has 8 nitrogen and oxygen atoms in total. The lowest BCUT2D eigenvalue weighted by Gasteiger charge is -2.12. The molecule has 166 valence electrons. The minimum absolute atomic E-state index is 0.0116. The minimum Gasteiger partial charge on any atom is -0.454 e. The van der Waals surface area contributed by atoms with Crippen LogP contribution >= 0.6 is 0 Å². The quantitative estimate of drug-likeness (QED) is 0.359. The molecule has 12 heteroatoms. The van der Waals surface area contributed by atoms with Crippen molar-refractivity contribution in [3.8, 4) is 6.01 Å². The summed E-state index contributed by atoms with van der Waals surface area (Å²) in [5, 5.41) is 5.80. The topological polar surface area (TPSA) is 101 Å². The van der Waals surface area contributed by atoms with E-state index in [1.807, 2.05) is 6.92 Å². The van der Waals surface area contributed by atoms with Crippen LogP contribution in [0, 0.1) is 12.7 Å². The first-order chi connectivity index (χ1) is 15.2. The number of alkyl halides is 3. The molecular weight excluding hydrogens is 430 g/mol. The molecule has 0 aliphatic rings. The Balaban J connectivity index is 1.56. The molecule has 4 aromatic rings. The van der Waals surface area contributed by atoms with Crippen molar-refractivity contribution in [2.75, 3.05) is 17.2 Å². The molecule has 0 aliphatic carbocycles. The van der Waals surface area contributed by atoms with Gasteiger partial charge in [0.2, 0.25) is 11.9 Å². The Morgan fingerprint density at radius 2 is 1.72 bits per heavy atom. The number of fused-ring (bicyclic) bond motifs is 1. The molecule has 0 spiro atoms. The predicted octanol–water partition coefficient (Wildman–Crippen LogP) is 4.49. The van der Waals surface area contributed by atoms with E-state index in [4.69, 9.17) is 4.74 Å². The van der Waals surface area contributed by atoms with Gasteiger partial charge in [-0.1, -0.05) is 12.1 Å². The standard InChI is InChI=1S/C20H17F4N7O/c1-11-26-15-7-6-14(8-16(15)27-11)28-18-29-17(25-9-12-2-4-13(21)5-3-12)30-19(31-18)32-10-20(22,23)24/h2-8H,9-10H2,1H3,(H,26,27)(H2,25,28,29,30,31).